The van der Waals surface area contributed by atoms with E-state index in [9.17, 15) is 18.3 Å². The summed E-state index contributed by atoms with van der Waals surface area (Å²) in [7, 11) is -3.78. The lowest BCUT2D eigenvalue weighted by molar-refractivity contribution is 0.0696. The maximum atomic E-state index is 12.4. The van der Waals surface area contributed by atoms with E-state index in [1.807, 2.05) is 4.90 Å². The van der Waals surface area contributed by atoms with Gasteiger partial charge in [0.2, 0.25) is 10.0 Å². The minimum Gasteiger partial charge on any atom is -0.478 e. The van der Waals surface area contributed by atoms with Gasteiger partial charge in [-0.15, -0.1) is 0 Å². The van der Waals surface area contributed by atoms with Crippen molar-refractivity contribution in [3.8, 4) is 0 Å². The van der Waals surface area contributed by atoms with Gasteiger partial charge >= 0.3 is 5.97 Å². The Hall–Kier alpha value is -1.64. The molecule has 1 saturated heterocycles. The first kappa shape index (κ1) is 17.7. The fourth-order valence-corrected chi connectivity index (χ4v) is 3.84. The van der Waals surface area contributed by atoms with E-state index in [2.05, 4.69) is 4.72 Å². The van der Waals surface area contributed by atoms with Crippen LogP contribution in [0.15, 0.2) is 23.1 Å². The van der Waals surface area contributed by atoms with Crippen LogP contribution in [-0.2, 0) is 14.8 Å². The number of anilines is 1. The predicted molar refractivity (Wildman–Crippen MR) is 86.5 cm³/mol. The summed E-state index contributed by atoms with van der Waals surface area (Å²) in [5.41, 5.74) is -0.162. The van der Waals surface area contributed by atoms with E-state index in [4.69, 9.17) is 4.74 Å². The molecule has 7 nitrogen and oxygen atoms in total. The predicted octanol–water partition coefficient (Wildman–Crippen LogP) is 1.30. The maximum absolute atomic E-state index is 12.4. The first-order valence-electron chi connectivity index (χ1n) is 7.34. The van der Waals surface area contributed by atoms with Crippen molar-refractivity contribution in [2.75, 3.05) is 31.2 Å². The molecule has 0 unspecified atom stereocenters. The average molecular weight is 342 g/mol. The highest BCUT2D eigenvalue weighted by atomic mass is 32.2. The molecule has 0 aromatic heterocycles. The van der Waals surface area contributed by atoms with E-state index in [-0.39, 0.29) is 10.5 Å². The Morgan fingerprint density at radius 1 is 1.26 bits per heavy atom. The van der Waals surface area contributed by atoms with E-state index < -0.39 is 21.5 Å². The third-order valence-corrected chi connectivity index (χ3v) is 5.06. The summed E-state index contributed by atoms with van der Waals surface area (Å²) in [6, 6.07) is 4.19. The second kappa shape index (κ2) is 6.46. The molecular weight excluding hydrogens is 320 g/mol. The van der Waals surface area contributed by atoms with Gasteiger partial charge in [0.25, 0.3) is 0 Å². The van der Waals surface area contributed by atoms with Crippen LogP contribution >= 0.6 is 0 Å². The molecule has 0 aliphatic carbocycles. The van der Waals surface area contributed by atoms with Crippen LogP contribution in [-0.4, -0.2) is 51.3 Å². The van der Waals surface area contributed by atoms with E-state index in [1.54, 1.807) is 26.8 Å². The molecule has 1 fully saturated rings. The number of rotatable bonds is 4. The fourth-order valence-electron chi connectivity index (χ4n) is 2.40. The monoisotopic (exact) mass is 342 g/mol. The maximum Gasteiger partial charge on any atom is 0.337 e. The lowest BCUT2D eigenvalue weighted by Crippen LogP contribution is -2.40. The highest BCUT2D eigenvalue weighted by molar-refractivity contribution is 7.89. The summed E-state index contributed by atoms with van der Waals surface area (Å²) in [5.74, 6) is -1.15. The lowest BCUT2D eigenvalue weighted by Gasteiger charge is -2.30. The molecule has 0 radical (unpaired) electrons. The third-order valence-electron chi connectivity index (χ3n) is 3.30. The molecule has 0 saturated carbocycles. The molecule has 0 spiro atoms. The highest BCUT2D eigenvalue weighted by Gasteiger charge is 2.25. The summed E-state index contributed by atoms with van der Waals surface area (Å²) >= 11 is 0. The zero-order valence-corrected chi connectivity index (χ0v) is 14.3. The molecule has 0 atom stereocenters. The van der Waals surface area contributed by atoms with Crippen molar-refractivity contribution < 1.29 is 23.1 Å². The SMILES string of the molecule is CC(C)(C)NS(=O)(=O)c1ccc(N2CCOCC2)c(C(=O)O)c1. The summed E-state index contributed by atoms with van der Waals surface area (Å²) in [6.45, 7) is 7.37. The number of nitrogens with one attached hydrogen (secondary N) is 1. The topological polar surface area (TPSA) is 95.9 Å². The van der Waals surface area contributed by atoms with E-state index >= 15 is 0 Å². The van der Waals surface area contributed by atoms with Crippen LogP contribution in [0.3, 0.4) is 0 Å². The Morgan fingerprint density at radius 3 is 2.39 bits per heavy atom. The first-order chi connectivity index (χ1) is 10.6. The molecule has 1 aliphatic heterocycles. The summed E-state index contributed by atoms with van der Waals surface area (Å²) in [4.78, 5) is 13.4. The van der Waals surface area contributed by atoms with Crippen molar-refractivity contribution in [3.05, 3.63) is 23.8 Å². The Kier molecular flexibility index (Phi) is 4.98. The van der Waals surface area contributed by atoms with Crippen LogP contribution < -0.4 is 9.62 Å². The van der Waals surface area contributed by atoms with E-state index in [0.29, 0.717) is 32.0 Å². The van der Waals surface area contributed by atoms with Gasteiger partial charge in [0.05, 0.1) is 29.4 Å². The number of nitrogens with zero attached hydrogens (tertiary/aromatic N) is 1. The van der Waals surface area contributed by atoms with Crippen LogP contribution in [0.5, 0.6) is 0 Å². The minimum atomic E-state index is -3.78. The largest absolute Gasteiger partial charge is 0.478 e. The molecule has 0 amide bonds. The second-order valence-electron chi connectivity index (χ2n) is 6.44. The molecular formula is C15H22N2O5S. The van der Waals surface area contributed by atoms with Crippen molar-refractivity contribution in [1.82, 2.24) is 4.72 Å². The van der Waals surface area contributed by atoms with Crippen molar-refractivity contribution >= 4 is 21.7 Å². The smallest absolute Gasteiger partial charge is 0.337 e. The minimum absolute atomic E-state index is 0.0244. The Bertz CT molecular complexity index is 688. The van der Waals surface area contributed by atoms with Gasteiger partial charge in [-0.3, -0.25) is 0 Å². The van der Waals surface area contributed by atoms with Gasteiger partial charge in [-0.1, -0.05) is 0 Å². The van der Waals surface area contributed by atoms with Gasteiger partial charge in [0.15, 0.2) is 0 Å². The van der Waals surface area contributed by atoms with Crippen molar-refractivity contribution in [3.63, 3.8) is 0 Å². The first-order valence-corrected chi connectivity index (χ1v) is 8.82. The molecule has 1 aromatic rings. The van der Waals surface area contributed by atoms with Gasteiger partial charge in [-0.05, 0) is 39.0 Å². The summed E-state index contributed by atoms with van der Waals surface area (Å²) < 4.78 is 32.5. The number of sulfonamides is 1. The number of morpholine rings is 1. The number of ether oxygens (including phenoxy) is 1. The highest BCUT2D eigenvalue weighted by Crippen LogP contribution is 2.25. The van der Waals surface area contributed by atoms with Gasteiger partial charge in [0.1, 0.15) is 0 Å². The zero-order chi connectivity index (χ0) is 17.3. The van der Waals surface area contributed by atoms with Crippen LogP contribution in [0.1, 0.15) is 31.1 Å². The average Bonchev–Trinajstić information content (AvgIpc) is 2.45. The number of aromatic carboxylic acids is 1. The van der Waals surface area contributed by atoms with Gasteiger partial charge in [-0.25, -0.2) is 17.9 Å². The number of hydrogen-bond acceptors (Lipinski definition) is 5. The van der Waals surface area contributed by atoms with Crippen LogP contribution in [0.25, 0.3) is 0 Å². The molecule has 1 heterocycles. The summed E-state index contributed by atoms with van der Waals surface area (Å²) in [5, 5.41) is 9.45. The Morgan fingerprint density at radius 2 is 1.87 bits per heavy atom. The molecule has 2 rings (SSSR count). The van der Waals surface area contributed by atoms with Crippen LogP contribution in [0.2, 0.25) is 0 Å². The normalized spacial score (nSPS) is 16.4. The van der Waals surface area contributed by atoms with Crippen molar-refractivity contribution in [2.24, 2.45) is 0 Å². The molecule has 128 valence electrons. The van der Waals surface area contributed by atoms with Gasteiger partial charge in [0, 0.05) is 18.6 Å². The molecule has 8 heteroatoms. The Balaban J connectivity index is 2.41. The molecule has 2 N–H and O–H groups in total. The number of carbonyl (C=O) groups is 1. The van der Waals surface area contributed by atoms with Gasteiger partial charge in [-0.2, -0.15) is 0 Å². The fraction of sp³-hybridized carbons (Fsp3) is 0.533. The van der Waals surface area contributed by atoms with Gasteiger partial charge < -0.3 is 14.7 Å². The molecule has 0 bridgehead atoms. The number of carboxylic acids is 1. The van der Waals surface area contributed by atoms with Crippen molar-refractivity contribution in [2.45, 2.75) is 31.2 Å². The number of benzene rings is 1. The molecule has 1 aliphatic rings. The summed E-state index contributed by atoms with van der Waals surface area (Å²) in [6.07, 6.45) is 0. The van der Waals surface area contributed by atoms with E-state index in [1.165, 1.54) is 12.1 Å². The molecule has 23 heavy (non-hydrogen) atoms. The molecule has 1 aromatic carbocycles. The number of carboxylic acid groups (broad SMARTS) is 1. The third kappa shape index (κ3) is 4.43. The van der Waals surface area contributed by atoms with Crippen molar-refractivity contribution in [1.29, 1.82) is 0 Å². The Labute approximate surface area is 136 Å². The van der Waals surface area contributed by atoms with E-state index in [0.717, 1.165) is 0 Å². The zero-order valence-electron chi connectivity index (χ0n) is 13.5. The quantitative estimate of drug-likeness (QED) is 0.856. The second-order valence-corrected chi connectivity index (χ2v) is 8.12. The number of hydrogen-bond donors (Lipinski definition) is 2. The van der Waals surface area contributed by atoms with Crippen LogP contribution in [0, 0.1) is 0 Å². The lowest BCUT2D eigenvalue weighted by atomic mass is 10.1. The standard InChI is InChI=1S/C15H22N2O5S/c1-15(2,3)16-23(20,21)11-4-5-13(12(10-11)14(18)19)17-6-8-22-9-7-17/h4-5,10,16H,6-9H2,1-3H3,(H,18,19). The van der Waals surface area contributed by atoms with Crippen LogP contribution in [0.4, 0.5) is 5.69 Å².